The highest BCUT2D eigenvalue weighted by Crippen LogP contribution is 2.28. The van der Waals surface area contributed by atoms with Gasteiger partial charge < -0.3 is 9.73 Å². The standard InChI is InChI=1S/C28H35N3O2S/c1-20-9-7-10-21(2)31(20)18-8-17-29-27(32)23-13-15-24(16-14-23)28-30-26(22(3)33-28)19-34-25-11-5-4-6-12-25/h4-6,11-16,20-21H,7-10,17-19H2,1-3H3,(H,29,32)/t20-,21-/m0/s1. The van der Waals surface area contributed by atoms with Crippen LogP contribution in [-0.2, 0) is 5.75 Å². The van der Waals surface area contributed by atoms with E-state index in [1.807, 2.05) is 49.4 Å². The summed E-state index contributed by atoms with van der Waals surface area (Å²) < 4.78 is 5.91. The van der Waals surface area contributed by atoms with Gasteiger partial charge in [0, 0.05) is 46.9 Å². The summed E-state index contributed by atoms with van der Waals surface area (Å²) in [6.07, 6.45) is 4.85. The summed E-state index contributed by atoms with van der Waals surface area (Å²) in [7, 11) is 0. The normalized spacial score (nSPS) is 18.7. The molecule has 0 radical (unpaired) electrons. The molecular weight excluding hydrogens is 442 g/mol. The van der Waals surface area contributed by atoms with E-state index in [0.29, 0.717) is 30.1 Å². The van der Waals surface area contributed by atoms with E-state index in [-0.39, 0.29) is 5.91 Å². The third-order valence-electron chi connectivity index (χ3n) is 6.66. The molecule has 3 aromatic rings. The second-order valence-corrected chi connectivity index (χ2v) is 10.2. The fraction of sp³-hybridized carbons (Fsp3) is 0.429. The van der Waals surface area contributed by atoms with E-state index in [2.05, 4.69) is 36.2 Å². The number of hydrogen-bond donors (Lipinski definition) is 1. The summed E-state index contributed by atoms with van der Waals surface area (Å²) in [6.45, 7) is 8.31. The van der Waals surface area contributed by atoms with E-state index in [9.17, 15) is 4.79 Å². The van der Waals surface area contributed by atoms with Crippen LogP contribution in [0.1, 0.15) is 61.3 Å². The Morgan fingerprint density at radius 1 is 1.09 bits per heavy atom. The first-order chi connectivity index (χ1) is 16.5. The van der Waals surface area contributed by atoms with Crippen LogP contribution in [0.4, 0.5) is 0 Å². The second-order valence-electron chi connectivity index (χ2n) is 9.18. The predicted molar refractivity (Wildman–Crippen MR) is 139 cm³/mol. The highest BCUT2D eigenvalue weighted by atomic mass is 32.2. The van der Waals surface area contributed by atoms with Crippen LogP contribution in [0.2, 0.25) is 0 Å². The number of amides is 1. The minimum absolute atomic E-state index is 0.0326. The Kier molecular flexibility index (Phi) is 8.46. The lowest BCUT2D eigenvalue weighted by Crippen LogP contribution is -2.44. The fourth-order valence-corrected chi connectivity index (χ4v) is 5.52. The zero-order valence-electron chi connectivity index (χ0n) is 20.4. The van der Waals surface area contributed by atoms with E-state index >= 15 is 0 Å². The SMILES string of the molecule is Cc1oc(-c2ccc(C(=O)NCCCN3[C@@H](C)CCC[C@@H]3C)cc2)nc1CSc1ccccc1. The van der Waals surface area contributed by atoms with Crippen molar-refractivity contribution in [2.45, 2.75) is 69.2 Å². The fourth-order valence-electron chi connectivity index (χ4n) is 4.60. The van der Waals surface area contributed by atoms with Crippen LogP contribution in [0.5, 0.6) is 0 Å². The van der Waals surface area contributed by atoms with E-state index in [0.717, 1.165) is 35.7 Å². The molecular formula is C28H35N3O2S. The summed E-state index contributed by atoms with van der Waals surface area (Å²) in [6, 6.07) is 19.1. The number of piperidine rings is 1. The molecule has 1 N–H and O–H groups in total. The lowest BCUT2D eigenvalue weighted by molar-refractivity contribution is 0.0925. The number of carbonyl (C=O) groups is 1. The Morgan fingerprint density at radius 3 is 2.50 bits per heavy atom. The lowest BCUT2D eigenvalue weighted by atomic mass is 9.97. The second kappa shape index (κ2) is 11.7. The van der Waals surface area contributed by atoms with E-state index < -0.39 is 0 Å². The predicted octanol–water partition coefficient (Wildman–Crippen LogP) is 6.33. The van der Waals surface area contributed by atoms with E-state index in [1.54, 1.807) is 11.8 Å². The van der Waals surface area contributed by atoms with Gasteiger partial charge in [-0.05, 0) is 76.4 Å². The third-order valence-corrected chi connectivity index (χ3v) is 7.68. The molecule has 6 heteroatoms. The molecule has 1 fully saturated rings. The van der Waals surface area contributed by atoms with Gasteiger partial charge in [-0.25, -0.2) is 4.98 Å². The van der Waals surface area contributed by atoms with Gasteiger partial charge >= 0.3 is 0 Å². The van der Waals surface area contributed by atoms with Gasteiger partial charge in [-0.2, -0.15) is 0 Å². The van der Waals surface area contributed by atoms with Crippen molar-refractivity contribution in [3.05, 3.63) is 71.6 Å². The number of oxazole rings is 1. The van der Waals surface area contributed by atoms with Crippen LogP contribution < -0.4 is 5.32 Å². The molecule has 1 aliphatic heterocycles. The zero-order valence-corrected chi connectivity index (χ0v) is 21.2. The van der Waals surface area contributed by atoms with Gasteiger partial charge in [0.1, 0.15) is 5.76 Å². The molecule has 2 heterocycles. The molecule has 0 aliphatic carbocycles. The van der Waals surface area contributed by atoms with Crippen molar-refractivity contribution in [3.63, 3.8) is 0 Å². The average Bonchev–Trinajstić information content (AvgIpc) is 3.23. The Morgan fingerprint density at radius 2 is 1.79 bits per heavy atom. The summed E-state index contributed by atoms with van der Waals surface area (Å²) in [5.74, 6) is 2.15. The average molecular weight is 478 g/mol. The van der Waals surface area contributed by atoms with Crippen LogP contribution in [0.25, 0.3) is 11.5 Å². The molecule has 34 heavy (non-hydrogen) atoms. The third kappa shape index (κ3) is 6.30. The monoisotopic (exact) mass is 477 g/mol. The quantitative estimate of drug-likeness (QED) is 0.288. The van der Waals surface area contributed by atoms with Crippen molar-refractivity contribution in [2.75, 3.05) is 13.1 Å². The number of benzene rings is 2. The first-order valence-electron chi connectivity index (χ1n) is 12.3. The van der Waals surface area contributed by atoms with Crippen molar-refractivity contribution in [2.24, 2.45) is 0 Å². The van der Waals surface area contributed by atoms with E-state index in [1.165, 1.54) is 24.2 Å². The molecule has 4 rings (SSSR count). The number of likely N-dealkylation sites (tertiary alicyclic amines) is 1. The topological polar surface area (TPSA) is 58.4 Å². The number of nitrogens with zero attached hydrogens (tertiary/aromatic N) is 2. The Balaban J connectivity index is 1.27. The maximum atomic E-state index is 12.6. The number of carbonyl (C=O) groups excluding carboxylic acids is 1. The maximum Gasteiger partial charge on any atom is 0.251 e. The summed E-state index contributed by atoms with van der Waals surface area (Å²) in [5.41, 5.74) is 2.48. The van der Waals surface area contributed by atoms with Gasteiger partial charge in [0.2, 0.25) is 5.89 Å². The van der Waals surface area contributed by atoms with Crippen molar-refractivity contribution >= 4 is 17.7 Å². The molecule has 0 bridgehead atoms. The number of aryl methyl sites for hydroxylation is 1. The number of thioether (sulfide) groups is 1. The van der Waals surface area contributed by atoms with Gasteiger partial charge in [0.25, 0.3) is 5.91 Å². The summed E-state index contributed by atoms with van der Waals surface area (Å²) >= 11 is 1.74. The molecule has 2 aromatic carbocycles. The number of hydrogen-bond acceptors (Lipinski definition) is 5. The van der Waals surface area contributed by atoms with Gasteiger partial charge in [-0.1, -0.05) is 24.6 Å². The van der Waals surface area contributed by atoms with Gasteiger partial charge in [-0.15, -0.1) is 11.8 Å². The molecule has 0 unspecified atom stereocenters. The van der Waals surface area contributed by atoms with Crippen LogP contribution in [0, 0.1) is 6.92 Å². The molecule has 1 saturated heterocycles. The zero-order chi connectivity index (χ0) is 23.9. The molecule has 1 aliphatic rings. The first kappa shape index (κ1) is 24.6. The van der Waals surface area contributed by atoms with Crippen molar-refractivity contribution in [1.29, 1.82) is 0 Å². The smallest absolute Gasteiger partial charge is 0.251 e. The summed E-state index contributed by atoms with van der Waals surface area (Å²) in [5, 5.41) is 3.07. The van der Waals surface area contributed by atoms with Crippen molar-refractivity contribution < 1.29 is 9.21 Å². The van der Waals surface area contributed by atoms with Crippen molar-refractivity contribution in [3.8, 4) is 11.5 Å². The largest absolute Gasteiger partial charge is 0.441 e. The minimum atomic E-state index is -0.0326. The maximum absolute atomic E-state index is 12.6. The number of rotatable bonds is 9. The van der Waals surface area contributed by atoms with Crippen LogP contribution in [0.3, 0.4) is 0 Å². The molecule has 1 amide bonds. The van der Waals surface area contributed by atoms with E-state index in [4.69, 9.17) is 9.40 Å². The molecule has 5 nitrogen and oxygen atoms in total. The number of aromatic nitrogens is 1. The number of nitrogens with one attached hydrogen (secondary N) is 1. The molecule has 180 valence electrons. The highest BCUT2D eigenvalue weighted by Gasteiger charge is 2.23. The Hall–Kier alpha value is -2.57. The van der Waals surface area contributed by atoms with Crippen molar-refractivity contribution in [1.82, 2.24) is 15.2 Å². The minimum Gasteiger partial charge on any atom is -0.441 e. The molecule has 1 aromatic heterocycles. The summed E-state index contributed by atoms with van der Waals surface area (Å²) in [4.78, 5) is 21.1. The Labute approximate surface area is 207 Å². The first-order valence-corrected chi connectivity index (χ1v) is 13.3. The van der Waals surface area contributed by atoms with Crippen LogP contribution >= 0.6 is 11.8 Å². The van der Waals surface area contributed by atoms with Crippen LogP contribution in [-0.4, -0.2) is 41.0 Å². The highest BCUT2D eigenvalue weighted by molar-refractivity contribution is 7.98. The molecule has 0 spiro atoms. The van der Waals surface area contributed by atoms with Gasteiger partial charge in [0.15, 0.2) is 0 Å². The molecule has 0 saturated carbocycles. The van der Waals surface area contributed by atoms with Gasteiger partial charge in [0.05, 0.1) is 5.69 Å². The van der Waals surface area contributed by atoms with Crippen LogP contribution in [0.15, 0.2) is 63.9 Å². The Bertz CT molecular complexity index is 1060. The van der Waals surface area contributed by atoms with Gasteiger partial charge in [-0.3, -0.25) is 9.69 Å². The molecule has 2 atom stereocenters. The lowest BCUT2D eigenvalue weighted by Gasteiger charge is -2.39.